The number of rotatable bonds is 3. The Morgan fingerprint density at radius 1 is 1.26 bits per heavy atom. The number of nitrogen functional groups attached to an aromatic ring is 1. The van der Waals surface area contributed by atoms with Crippen LogP contribution in [0.5, 0.6) is 0 Å². The summed E-state index contributed by atoms with van der Waals surface area (Å²) in [6.07, 6.45) is 0. The van der Waals surface area contributed by atoms with Crippen LogP contribution in [0.4, 0.5) is 10.1 Å². The number of hydrogen-bond acceptors (Lipinski definition) is 2. The van der Waals surface area contributed by atoms with Gasteiger partial charge in [-0.2, -0.15) is 0 Å². The molecule has 1 unspecified atom stereocenters. The highest BCUT2D eigenvalue weighted by Gasteiger charge is 2.12. The van der Waals surface area contributed by atoms with E-state index in [-0.39, 0.29) is 10.6 Å². The predicted molar refractivity (Wildman–Crippen MR) is 77.1 cm³/mol. The lowest BCUT2D eigenvalue weighted by atomic mass is 10.2. The van der Waals surface area contributed by atoms with Crippen molar-refractivity contribution in [2.24, 2.45) is 0 Å². The van der Waals surface area contributed by atoms with Crippen molar-refractivity contribution in [3.05, 3.63) is 58.4 Å². The van der Waals surface area contributed by atoms with Gasteiger partial charge in [0.2, 0.25) is 0 Å². The number of anilines is 1. The average Bonchev–Trinajstić information content (AvgIpc) is 2.32. The van der Waals surface area contributed by atoms with Crippen LogP contribution in [0.15, 0.2) is 41.3 Å². The summed E-state index contributed by atoms with van der Waals surface area (Å²) in [5.74, 6) is -0.374. The van der Waals surface area contributed by atoms with Crippen LogP contribution in [0.3, 0.4) is 0 Å². The van der Waals surface area contributed by atoms with Crippen LogP contribution in [0.1, 0.15) is 11.1 Å². The normalized spacial score (nSPS) is 12.4. The van der Waals surface area contributed by atoms with Crippen LogP contribution in [-0.4, -0.2) is 4.21 Å². The van der Waals surface area contributed by atoms with Gasteiger partial charge in [0.25, 0.3) is 0 Å². The first-order valence-corrected chi connectivity index (χ1v) is 7.35. The standard InChI is InChI=1S/C14H13ClFNOS/c1-9-2-3-10(12(15)6-9)8-19(18)14-5-4-11(17)7-13(14)16/h2-7H,8,17H2,1H3. The van der Waals surface area contributed by atoms with Gasteiger partial charge in [0.05, 0.1) is 21.4 Å². The van der Waals surface area contributed by atoms with Gasteiger partial charge in [0.1, 0.15) is 5.82 Å². The van der Waals surface area contributed by atoms with Crippen LogP contribution in [0.25, 0.3) is 0 Å². The zero-order valence-electron chi connectivity index (χ0n) is 10.3. The zero-order chi connectivity index (χ0) is 14.0. The Morgan fingerprint density at radius 2 is 2.00 bits per heavy atom. The van der Waals surface area contributed by atoms with Gasteiger partial charge in [0.15, 0.2) is 0 Å². The number of hydrogen-bond donors (Lipinski definition) is 1. The van der Waals surface area contributed by atoms with Crippen LogP contribution >= 0.6 is 11.6 Å². The molecule has 2 aromatic carbocycles. The summed E-state index contributed by atoms with van der Waals surface area (Å²) in [4.78, 5) is 0.144. The molecule has 0 bridgehead atoms. The van der Waals surface area contributed by atoms with Crippen molar-refractivity contribution in [2.45, 2.75) is 17.6 Å². The largest absolute Gasteiger partial charge is 0.399 e. The highest BCUT2D eigenvalue weighted by Crippen LogP contribution is 2.23. The Kier molecular flexibility index (Phi) is 4.22. The van der Waals surface area contributed by atoms with Crippen molar-refractivity contribution in [1.82, 2.24) is 0 Å². The maximum absolute atomic E-state index is 13.7. The highest BCUT2D eigenvalue weighted by molar-refractivity contribution is 7.84. The monoisotopic (exact) mass is 297 g/mol. The first-order valence-electron chi connectivity index (χ1n) is 5.66. The van der Waals surface area contributed by atoms with Gasteiger partial charge in [-0.3, -0.25) is 4.21 Å². The van der Waals surface area contributed by atoms with E-state index in [0.29, 0.717) is 10.7 Å². The van der Waals surface area contributed by atoms with Crippen molar-refractivity contribution < 1.29 is 8.60 Å². The third-order valence-electron chi connectivity index (χ3n) is 2.70. The summed E-state index contributed by atoms with van der Waals surface area (Å²) < 4.78 is 25.8. The number of benzene rings is 2. The smallest absolute Gasteiger partial charge is 0.141 e. The van der Waals surface area contributed by atoms with Crippen LogP contribution in [-0.2, 0) is 16.6 Å². The molecule has 0 saturated heterocycles. The maximum atomic E-state index is 13.7. The number of halogens is 2. The van der Waals surface area contributed by atoms with E-state index in [1.807, 2.05) is 19.1 Å². The second-order valence-corrected chi connectivity index (χ2v) is 6.10. The molecule has 19 heavy (non-hydrogen) atoms. The quantitative estimate of drug-likeness (QED) is 0.878. The summed E-state index contributed by atoms with van der Waals surface area (Å²) in [6.45, 7) is 1.92. The molecule has 5 heteroatoms. The molecule has 2 rings (SSSR count). The first kappa shape index (κ1) is 14.0. The summed E-state index contributed by atoms with van der Waals surface area (Å²) in [7, 11) is -1.49. The topological polar surface area (TPSA) is 43.1 Å². The first-order chi connectivity index (χ1) is 8.97. The van der Waals surface area contributed by atoms with E-state index in [1.54, 1.807) is 6.07 Å². The zero-order valence-corrected chi connectivity index (χ0v) is 11.9. The molecule has 0 fully saturated rings. The minimum atomic E-state index is -1.49. The minimum absolute atomic E-state index is 0.144. The van der Waals surface area contributed by atoms with E-state index in [1.165, 1.54) is 18.2 Å². The van der Waals surface area contributed by atoms with E-state index >= 15 is 0 Å². The summed E-state index contributed by atoms with van der Waals surface area (Å²) >= 11 is 6.08. The summed E-state index contributed by atoms with van der Waals surface area (Å²) in [5.41, 5.74) is 7.54. The molecule has 0 aliphatic heterocycles. The van der Waals surface area contributed by atoms with E-state index in [0.717, 1.165) is 11.1 Å². The van der Waals surface area contributed by atoms with Gasteiger partial charge in [-0.25, -0.2) is 4.39 Å². The molecule has 0 aliphatic carbocycles. The molecule has 0 saturated carbocycles. The fraction of sp³-hybridized carbons (Fsp3) is 0.143. The van der Waals surface area contributed by atoms with Crippen molar-refractivity contribution >= 4 is 28.1 Å². The lowest BCUT2D eigenvalue weighted by Gasteiger charge is -2.07. The molecule has 0 aromatic heterocycles. The van der Waals surface area contributed by atoms with E-state index < -0.39 is 16.6 Å². The van der Waals surface area contributed by atoms with E-state index in [4.69, 9.17) is 17.3 Å². The van der Waals surface area contributed by atoms with Crippen molar-refractivity contribution in [3.8, 4) is 0 Å². The predicted octanol–water partition coefficient (Wildman–Crippen LogP) is 3.68. The molecule has 0 aliphatic rings. The number of nitrogens with two attached hydrogens (primary N) is 1. The Morgan fingerprint density at radius 3 is 2.63 bits per heavy atom. The van der Waals surface area contributed by atoms with Crippen molar-refractivity contribution in [1.29, 1.82) is 0 Å². The second kappa shape index (κ2) is 5.72. The Hall–Kier alpha value is -1.39. The SMILES string of the molecule is Cc1ccc(CS(=O)c2ccc(N)cc2F)c(Cl)c1. The van der Waals surface area contributed by atoms with E-state index in [2.05, 4.69) is 0 Å². The van der Waals surface area contributed by atoms with Gasteiger partial charge in [-0.1, -0.05) is 23.7 Å². The molecule has 0 amide bonds. The summed E-state index contributed by atoms with van der Waals surface area (Å²) in [6, 6.07) is 9.65. The van der Waals surface area contributed by atoms with Crippen LogP contribution in [0, 0.1) is 12.7 Å². The third-order valence-corrected chi connectivity index (χ3v) is 4.44. The molecule has 2 nitrogen and oxygen atoms in total. The van der Waals surface area contributed by atoms with Crippen molar-refractivity contribution in [3.63, 3.8) is 0 Å². The van der Waals surface area contributed by atoms with Gasteiger partial charge < -0.3 is 5.73 Å². The highest BCUT2D eigenvalue weighted by atomic mass is 35.5. The van der Waals surface area contributed by atoms with Gasteiger partial charge in [0, 0.05) is 10.7 Å². The summed E-state index contributed by atoms with van der Waals surface area (Å²) in [5, 5.41) is 0.546. The second-order valence-electron chi connectivity index (χ2n) is 4.27. The lowest BCUT2D eigenvalue weighted by molar-refractivity contribution is 0.596. The average molecular weight is 298 g/mol. The minimum Gasteiger partial charge on any atom is -0.399 e. The number of aryl methyl sites for hydroxylation is 1. The molecule has 0 radical (unpaired) electrons. The molecule has 2 aromatic rings. The molecule has 0 spiro atoms. The van der Waals surface area contributed by atoms with Gasteiger partial charge in [-0.05, 0) is 42.3 Å². The Bertz CT molecular complexity index is 645. The van der Waals surface area contributed by atoms with E-state index in [9.17, 15) is 8.60 Å². The molecular weight excluding hydrogens is 285 g/mol. The van der Waals surface area contributed by atoms with Crippen molar-refractivity contribution in [2.75, 3.05) is 5.73 Å². The molecule has 100 valence electrons. The van der Waals surface area contributed by atoms with Gasteiger partial charge in [-0.15, -0.1) is 0 Å². The molecule has 0 heterocycles. The molecule has 2 N–H and O–H groups in total. The van der Waals surface area contributed by atoms with Crippen LogP contribution in [0.2, 0.25) is 5.02 Å². The third kappa shape index (κ3) is 3.33. The molecule has 1 atom stereocenters. The van der Waals surface area contributed by atoms with Gasteiger partial charge >= 0.3 is 0 Å². The fourth-order valence-electron chi connectivity index (χ4n) is 1.69. The maximum Gasteiger partial charge on any atom is 0.141 e. The Balaban J connectivity index is 2.25. The van der Waals surface area contributed by atoms with Crippen LogP contribution < -0.4 is 5.73 Å². The lowest BCUT2D eigenvalue weighted by Crippen LogP contribution is -2.01. The fourth-order valence-corrected chi connectivity index (χ4v) is 3.26. The molecular formula is C14H13ClFNOS. The Labute approximate surface area is 118 Å².